The highest BCUT2D eigenvalue weighted by Crippen LogP contribution is 2.33. The van der Waals surface area contributed by atoms with Crippen LogP contribution in [0.15, 0.2) is 17.5 Å². The molecule has 0 radical (unpaired) electrons. The number of benzene rings is 1. The zero-order chi connectivity index (χ0) is 16.1. The molecule has 0 saturated heterocycles. The summed E-state index contributed by atoms with van der Waals surface area (Å²) in [5.74, 6) is 0.928. The topological polar surface area (TPSA) is 86.5 Å². The first-order valence-electron chi connectivity index (χ1n) is 6.77. The largest absolute Gasteiger partial charge is 0.493 e. The van der Waals surface area contributed by atoms with E-state index < -0.39 is 0 Å². The minimum atomic E-state index is -0.255. The van der Waals surface area contributed by atoms with E-state index in [1.165, 1.54) is 11.3 Å². The van der Waals surface area contributed by atoms with Gasteiger partial charge in [0.2, 0.25) is 0 Å². The molecular weight excluding hydrogens is 302 g/mol. The summed E-state index contributed by atoms with van der Waals surface area (Å²) in [4.78, 5) is 16.5. The van der Waals surface area contributed by atoms with Crippen LogP contribution in [0.25, 0.3) is 0 Å². The van der Waals surface area contributed by atoms with Crippen LogP contribution in [0.2, 0.25) is 0 Å². The molecule has 6 nitrogen and oxygen atoms in total. The van der Waals surface area contributed by atoms with Crippen LogP contribution in [0.5, 0.6) is 11.5 Å². The van der Waals surface area contributed by atoms with Crippen LogP contribution in [-0.4, -0.2) is 31.7 Å². The second-order valence-electron chi connectivity index (χ2n) is 4.64. The Kier molecular flexibility index (Phi) is 5.35. The van der Waals surface area contributed by atoms with Crippen LogP contribution in [0, 0.1) is 6.92 Å². The molecule has 2 rings (SSSR count). The summed E-state index contributed by atoms with van der Waals surface area (Å²) >= 11 is 1.43. The number of carbonyl (C=O) groups is 1. The molecule has 0 fully saturated rings. The number of ether oxygens (including phenoxy) is 2. The van der Waals surface area contributed by atoms with Crippen molar-refractivity contribution in [3.05, 3.63) is 33.8 Å². The van der Waals surface area contributed by atoms with Gasteiger partial charge in [0.05, 0.1) is 19.2 Å². The minimum absolute atomic E-state index is 0.255. The Bertz CT molecular complexity index is 670. The van der Waals surface area contributed by atoms with E-state index in [0.29, 0.717) is 35.8 Å². The van der Waals surface area contributed by atoms with Crippen molar-refractivity contribution < 1.29 is 14.3 Å². The number of hydrogen-bond acceptors (Lipinski definition) is 6. The maximum Gasteiger partial charge on any atom is 0.275 e. The van der Waals surface area contributed by atoms with Crippen molar-refractivity contribution in [3.8, 4) is 11.5 Å². The van der Waals surface area contributed by atoms with Gasteiger partial charge >= 0.3 is 0 Å². The predicted molar refractivity (Wildman–Crippen MR) is 87.1 cm³/mol. The Hall–Kier alpha value is -2.12. The van der Waals surface area contributed by atoms with Crippen molar-refractivity contribution in [3.63, 3.8) is 0 Å². The molecule has 2 aromatic rings. The fourth-order valence-corrected chi connectivity index (χ4v) is 2.75. The standard InChI is InChI=1S/C15H19N3O3S/c1-9-6-12(20-2)13(21-3)7-10(9)18-15(19)11-8-22-14(17-11)4-5-16/h6-8H,4-5,16H2,1-3H3,(H,18,19). The summed E-state index contributed by atoms with van der Waals surface area (Å²) in [5, 5.41) is 5.44. The van der Waals surface area contributed by atoms with E-state index in [1.54, 1.807) is 25.7 Å². The zero-order valence-electron chi connectivity index (χ0n) is 12.8. The van der Waals surface area contributed by atoms with Crippen LogP contribution < -0.4 is 20.5 Å². The highest BCUT2D eigenvalue weighted by molar-refractivity contribution is 7.09. The van der Waals surface area contributed by atoms with Gasteiger partial charge in [0.15, 0.2) is 11.5 Å². The molecule has 0 atom stereocenters. The molecule has 0 spiro atoms. The number of nitrogens with one attached hydrogen (secondary N) is 1. The number of nitrogens with two attached hydrogens (primary N) is 1. The monoisotopic (exact) mass is 321 g/mol. The average Bonchev–Trinajstić information content (AvgIpc) is 2.98. The number of rotatable bonds is 6. The van der Waals surface area contributed by atoms with E-state index in [9.17, 15) is 4.79 Å². The number of aryl methyl sites for hydroxylation is 1. The summed E-state index contributed by atoms with van der Waals surface area (Å²) in [6.07, 6.45) is 0.674. The molecule has 22 heavy (non-hydrogen) atoms. The highest BCUT2D eigenvalue weighted by atomic mass is 32.1. The quantitative estimate of drug-likeness (QED) is 0.852. The number of nitrogens with zero attached hydrogens (tertiary/aromatic N) is 1. The third-order valence-electron chi connectivity index (χ3n) is 3.12. The number of thiazole rings is 1. The van der Waals surface area contributed by atoms with Crippen molar-refractivity contribution in [1.29, 1.82) is 0 Å². The lowest BCUT2D eigenvalue weighted by Crippen LogP contribution is -2.14. The van der Waals surface area contributed by atoms with E-state index >= 15 is 0 Å². The molecule has 0 bridgehead atoms. The van der Waals surface area contributed by atoms with Crippen LogP contribution in [0.4, 0.5) is 5.69 Å². The van der Waals surface area contributed by atoms with Gasteiger partial charge in [-0.3, -0.25) is 4.79 Å². The van der Waals surface area contributed by atoms with Gasteiger partial charge < -0.3 is 20.5 Å². The van der Waals surface area contributed by atoms with Gasteiger partial charge in [-0.1, -0.05) is 0 Å². The zero-order valence-corrected chi connectivity index (χ0v) is 13.6. The molecule has 0 aliphatic rings. The second-order valence-corrected chi connectivity index (χ2v) is 5.58. The van der Waals surface area contributed by atoms with Crippen LogP contribution >= 0.6 is 11.3 Å². The van der Waals surface area contributed by atoms with E-state index in [0.717, 1.165) is 10.6 Å². The number of hydrogen-bond donors (Lipinski definition) is 2. The normalized spacial score (nSPS) is 10.4. The molecule has 1 amide bonds. The molecule has 0 unspecified atom stereocenters. The summed E-state index contributed by atoms with van der Waals surface area (Å²) in [5.41, 5.74) is 7.42. The van der Waals surface area contributed by atoms with Gasteiger partial charge in [-0.05, 0) is 25.1 Å². The number of anilines is 1. The smallest absolute Gasteiger partial charge is 0.275 e. The molecule has 118 valence electrons. The maximum absolute atomic E-state index is 12.3. The molecule has 1 aromatic carbocycles. The van der Waals surface area contributed by atoms with Gasteiger partial charge in [-0.25, -0.2) is 4.98 Å². The van der Waals surface area contributed by atoms with Gasteiger partial charge in [0, 0.05) is 23.6 Å². The molecule has 0 saturated carbocycles. The lowest BCUT2D eigenvalue weighted by Gasteiger charge is -2.13. The second kappa shape index (κ2) is 7.24. The molecule has 0 aliphatic heterocycles. The first-order chi connectivity index (χ1) is 10.6. The van der Waals surface area contributed by atoms with Crippen molar-refractivity contribution in [2.24, 2.45) is 5.73 Å². The fraction of sp³-hybridized carbons (Fsp3) is 0.333. The predicted octanol–water partition coefficient (Wildman–Crippen LogP) is 2.22. The van der Waals surface area contributed by atoms with Crippen LogP contribution in [0.1, 0.15) is 21.1 Å². The molecule has 3 N–H and O–H groups in total. The van der Waals surface area contributed by atoms with E-state index in [4.69, 9.17) is 15.2 Å². The van der Waals surface area contributed by atoms with Crippen molar-refractivity contribution in [1.82, 2.24) is 4.98 Å². The maximum atomic E-state index is 12.3. The minimum Gasteiger partial charge on any atom is -0.493 e. The molecule has 1 heterocycles. The van der Waals surface area contributed by atoms with E-state index in [2.05, 4.69) is 10.3 Å². The lowest BCUT2D eigenvalue weighted by molar-refractivity contribution is 0.102. The number of aromatic nitrogens is 1. The molecular formula is C15H19N3O3S. The Morgan fingerprint density at radius 2 is 2.00 bits per heavy atom. The summed E-state index contributed by atoms with van der Waals surface area (Å²) in [7, 11) is 3.13. The number of carbonyl (C=O) groups excluding carboxylic acids is 1. The molecule has 0 aliphatic carbocycles. The average molecular weight is 321 g/mol. The Morgan fingerprint density at radius 1 is 1.32 bits per heavy atom. The Morgan fingerprint density at radius 3 is 2.64 bits per heavy atom. The SMILES string of the molecule is COc1cc(C)c(NC(=O)c2csc(CCN)n2)cc1OC. The summed E-state index contributed by atoms with van der Waals surface area (Å²) in [6.45, 7) is 2.40. The fourth-order valence-electron chi connectivity index (χ4n) is 1.96. The lowest BCUT2D eigenvalue weighted by atomic mass is 10.1. The van der Waals surface area contributed by atoms with Gasteiger partial charge in [-0.2, -0.15) is 0 Å². The van der Waals surface area contributed by atoms with Crippen molar-refractivity contribution in [2.75, 3.05) is 26.1 Å². The number of amides is 1. The van der Waals surface area contributed by atoms with Gasteiger partial charge in [0.1, 0.15) is 5.69 Å². The first kappa shape index (κ1) is 16.3. The highest BCUT2D eigenvalue weighted by Gasteiger charge is 2.14. The van der Waals surface area contributed by atoms with Gasteiger partial charge in [0.25, 0.3) is 5.91 Å². The van der Waals surface area contributed by atoms with E-state index in [1.807, 2.05) is 13.0 Å². The van der Waals surface area contributed by atoms with Crippen LogP contribution in [0.3, 0.4) is 0 Å². The molecule has 7 heteroatoms. The Labute approximate surface area is 133 Å². The van der Waals surface area contributed by atoms with Gasteiger partial charge in [-0.15, -0.1) is 11.3 Å². The summed E-state index contributed by atoms with van der Waals surface area (Å²) < 4.78 is 10.5. The third kappa shape index (κ3) is 3.55. The third-order valence-corrected chi connectivity index (χ3v) is 4.03. The van der Waals surface area contributed by atoms with Crippen molar-refractivity contribution in [2.45, 2.75) is 13.3 Å². The summed E-state index contributed by atoms with van der Waals surface area (Å²) in [6, 6.07) is 3.55. The Balaban J connectivity index is 2.20. The van der Waals surface area contributed by atoms with E-state index in [-0.39, 0.29) is 5.91 Å². The molecule has 1 aromatic heterocycles. The number of methoxy groups -OCH3 is 2. The van der Waals surface area contributed by atoms with Crippen LogP contribution in [-0.2, 0) is 6.42 Å². The van der Waals surface area contributed by atoms with Crippen molar-refractivity contribution >= 4 is 22.9 Å². The first-order valence-corrected chi connectivity index (χ1v) is 7.65.